The number of carbonyl (C=O) groups is 1. The van der Waals surface area contributed by atoms with Crippen molar-refractivity contribution < 1.29 is 4.79 Å². The fourth-order valence-electron chi connectivity index (χ4n) is 3.73. The molecule has 2 N–H and O–H groups in total. The van der Waals surface area contributed by atoms with Crippen LogP contribution in [0.2, 0.25) is 0 Å². The fourth-order valence-corrected chi connectivity index (χ4v) is 3.73. The highest BCUT2D eigenvalue weighted by atomic mass is 16.1. The number of Topliss-reactive ketones (excluding diaryl/α,β-unsaturated/α-hetero) is 1. The van der Waals surface area contributed by atoms with Crippen molar-refractivity contribution in [1.29, 1.82) is 0 Å². The molecule has 0 heterocycles. The van der Waals surface area contributed by atoms with Crippen molar-refractivity contribution in [2.45, 2.75) is 57.3 Å². The normalized spacial score (nSPS) is 22.2. The van der Waals surface area contributed by atoms with E-state index in [1.54, 1.807) is 0 Å². The van der Waals surface area contributed by atoms with Gasteiger partial charge in [0.2, 0.25) is 0 Å². The predicted molar refractivity (Wildman–Crippen MR) is 81.9 cm³/mol. The number of benzene rings is 1. The van der Waals surface area contributed by atoms with Crippen molar-refractivity contribution in [3.8, 4) is 0 Å². The van der Waals surface area contributed by atoms with Crippen molar-refractivity contribution in [3.63, 3.8) is 0 Å². The second-order valence-corrected chi connectivity index (χ2v) is 6.63. The minimum atomic E-state index is -0.281. The summed E-state index contributed by atoms with van der Waals surface area (Å²) in [5.41, 5.74) is 7.95. The van der Waals surface area contributed by atoms with Crippen LogP contribution in [0.3, 0.4) is 0 Å². The molecule has 20 heavy (non-hydrogen) atoms. The monoisotopic (exact) mass is 271 g/mol. The number of hydrogen-bond donors (Lipinski definition) is 1. The summed E-state index contributed by atoms with van der Waals surface area (Å²) in [5.74, 6) is 0.976. The van der Waals surface area contributed by atoms with Crippen LogP contribution in [0, 0.1) is 5.41 Å². The van der Waals surface area contributed by atoms with E-state index in [1.807, 2.05) is 12.1 Å². The van der Waals surface area contributed by atoms with E-state index >= 15 is 0 Å². The predicted octanol–water partition coefficient (Wildman–Crippen LogP) is 4.05. The third-order valence-corrected chi connectivity index (χ3v) is 5.41. The molecule has 0 amide bonds. The van der Waals surface area contributed by atoms with E-state index in [0.29, 0.717) is 18.2 Å². The third kappa shape index (κ3) is 2.42. The van der Waals surface area contributed by atoms with Gasteiger partial charge >= 0.3 is 0 Å². The molecule has 2 nitrogen and oxygen atoms in total. The molecule has 2 saturated carbocycles. The van der Waals surface area contributed by atoms with Crippen LogP contribution >= 0.6 is 0 Å². The summed E-state index contributed by atoms with van der Waals surface area (Å²) >= 11 is 0. The molecule has 0 aromatic heterocycles. The zero-order chi connectivity index (χ0) is 14.0. The Balaban J connectivity index is 1.85. The van der Waals surface area contributed by atoms with Crippen LogP contribution in [0.25, 0.3) is 0 Å². The maximum atomic E-state index is 13.0. The molecule has 0 atom stereocenters. The topological polar surface area (TPSA) is 43.1 Å². The van der Waals surface area contributed by atoms with Gasteiger partial charge in [-0.2, -0.15) is 0 Å². The molecule has 2 heteroatoms. The molecule has 2 fully saturated rings. The lowest BCUT2D eigenvalue weighted by Crippen LogP contribution is -2.40. The van der Waals surface area contributed by atoms with Gasteiger partial charge in [0.15, 0.2) is 5.78 Å². The van der Waals surface area contributed by atoms with Gasteiger partial charge in [0.25, 0.3) is 0 Å². The Morgan fingerprint density at radius 2 is 1.90 bits per heavy atom. The minimum Gasteiger partial charge on any atom is -0.329 e. The van der Waals surface area contributed by atoms with E-state index in [-0.39, 0.29) is 5.41 Å². The summed E-state index contributed by atoms with van der Waals surface area (Å²) in [7, 11) is 0. The zero-order valence-corrected chi connectivity index (χ0v) is 12.2. The summed E-state index contributed by atoms with van der Waals surface area (Å²) in [6, 6.07) is 8.35. The number of carbonyl (C=O) groups excluding carboxylic acids is 1. The lowest BCUT2D eigenvalue weighted by molar-refractivity contribution is 0.0729. The maximum Gasteiger partial charge on any atom is 0.170 e. The summed E-state index contributed by atoms with van der Waals surface area (Å²) < 4.78 is 0. The van der Waals surface area contributed by atoms with Gasteiger partial charge in [-0.1, -0.05) is 43.9 Å². The number of ketones is 1. The van der Waals surface area contributed by atoms with Gasteiger partial charge in [-0.05, 0) is 43.2 Å². The van der Waals surface area contributed by atoms with E-state index < -0.39 is 0 Å². The first-order valence-corrected chi connectivity index (χ1v) is 8.10. The average molecular weight is 271 g/mol. The Bertz CT molecular complexity index is 484. The minimum absolute atomic E-state index is 0.281. The van der Waals surface area contributed by atoms with Gasteiger partial charge < -0.3 is 5.73 Å². The van der Waals surface area contributed by atoms with E-state index in [4.69, 9.17) is 5.73 Å². The maximum absolute atomic E-state index is 13.0. The molecule has 0 aliphatic heterocycles. The Labute approximate surface area is 121 Å². The van der Waals surface area contributed by atoms with Crippen LogP contribution in [0.1, 0.15) is 73.2 Å². The molecule has 1 aromatic carbocycles. The molecule has 108 valence electrons. The van der Waals surface area contributed by atoms with Gasteiger partial charge in [-0.3, -0.25) is 4.79 Å². The fraction of sp³-hybridized carbons (Fsp3) is 0.611. The summed E-state index contributed by atoms with van der Waals surface area (Å²) in [6.45, 7) is 0.499. The van der Waals surface area contributed by atoms with Gasteiger partial charge in [0, 0.05) is 17.5 Å². The molecular weight excluding hydrogens is 246 g/mol. The standard InChI is InChI=1S/C18H25NO/c19-13-18(10-2-1-3-11-18)17(20)16-9-5-8-15(12-16)14-6-4-7-14/h5,8-9,12,14H,1-4,6-7,10-11,13,19H2. The Hall–Kier alpha value is -1.15. The molecule has 0 unspecified atom stereocenters. The van der Waals surface area contributed by atoms with Crippen molar-refractivity contribution >= 4 is 5.78 Å². The van der Waals surface area contributed by atoms with Crippen LogP contribution in [-0.4, -0.2) is 12.3 Å². The Kier molecular flexibility index (Phi) is 3.93. The van der Waals surface area contributed by atoms with Crippen LogP contribution in [0.4, 0.5) is 0 Å². The second kappa shape index (κ2) is 5.69. The van der Waals surface area contributed by atoms with E-state index in [0.717, 1.165) is 31.2 Å². The van der Waals surface area contributed by atoms with Crippen LogP contribution < -0.4 is 5.73 Å². The van der Waals surface area contributed by atoms with E-state index in [1.165, 1.54) is 31.2 Å². The number of nitrogens with two attached hydrogens (primary N) is 1. The largest absolute Gasteiger partial charge is 0.329 e. The number of hydrogen-bond acceptors (Lipinski definition) is 2. The van der Waals surface area contributed by atoms with Gasteiger partial charge in [-0.25, -0.2) is 0 Å². The molecule has 0 spiro atoms. The summed E-state index contributed by atoms with van der Waals surface area (Å²) in [5, 5.41) is 0. The molecular formula is C18H25NO. The second-order valence-electron chi connectivity index (χ2n) is 6.63. The lowest BCUT2D eigenvalue weighted by Gasteiger charge is -2.35. The van der Waals surface area contributed by atoms with E-state index in [2.05, 4.69) is 12.1 Å². The molecule has 3 rings (SSSR count). The molecule has 2 aliphatic carbocycles. The molecule has 0 saturated heterocycles. The summed E-state index contributed by atoms with van der Waals surface area (Å²) in [6.07, 6.45) is 9.36. The van der Waals surface area contributed by atoms with Gasteiger partial charge in [-0.15, -0.1) is 0 Å². The molecule has 0 bridgehead atoms. The van der Waals surface area contributed by atoms with Crippen LogP contribution in [0.15, 0.2) is 24.3 Å². The molecule has 0 radical (unpaired) electrons. The SMILES string of the molecule is NCC1(C(=O)c2cccc(C3CCC3)c2)CCCCC1. The Morgan fingerprint density at radius 3 is 2.50 bits per heavy atom. The first kappa shape index (κ1) is 13.8. The van der Waals surface area contributed by atoms with Crippen molar-refractivity contribution in [2.24, 2.45) is 11.1 Å². The molecule has 2 aliphatic rings. The van der Waals surface area contributed by atoms with Crippen molar-refractivity contribution in [1.82, 2.24) is 0 Å². The third-order valence-electron chi connectivity index (χ3n) is 5.41. The van der Waals surface area contributed by atoms with Gasteiger partial charge in [0.05, 0.1) is 0 Å². The van der Waals surface area contributed by atoms with Crippen molar-refractivity contribution in [2.75, 3.05) is 6.54 Å². The van der Waals surface area contributed by atoms with E-state index in [9.17, 15) is 4.79 Å². The zero-order valence-electron chi connectivity index (χ0n) is 12.2. The van der Waals surface area contributed by atoms with Crippen LogP contribution in [0.5, 0.6) is 0 Å². The average Bonchev–Trinajstić information content (AvgIpc) is 2.46. The molecule has 1 aromatic rings. The van der Waals surface area contributed by atoms with Gasteiger partial charge in [0.1, 0.15) is 0 Å². The van der Waals surface area contributed by atoms with Crippen LogP contribution in [-0.2, 0) is 0 Å². The lowest BCUT2D eigenvalue weighted by atomic mass is 9.69. The highest BCUT2D eigenvalue weighted by Gasteiger charge is 2.38. The first-order chi connectivity index (χ1) is 9.75. The first-order valence-electron chi connectivity index (χ1n) is 8.10. The highest BCUT2D eigenvalue weighted by Crippen LogP contribution is 2.40. The number of rotatable bonds is 4. The smallest absolute Gasteiger partial charge is 0.170 e. The Morgan fingerprint density at radius 1 is 1.15 bits per heavy atom. The summed E-state index contributed by atoms with van der Waals surface area (Å²) in [4.78, 5) is 13.0. The highest BCUT2D eigenvalue weighted by molar-refractivity contribution is 6.01. The van der Waals surface area contributed by atoms with Crippen molar-refractivity contribution in [3.05, 3.63) is 35.4 Å². The quantitative estimate of drug-likeness (QED) is 0.840.